The molecule has 3 heterocycles. The van der Waals surface area contributed by atoms with Crippen molar-refractivity contribution in [3.8, 4) is 17.1 Å². The van der Waals surface area contributed by atoms with Crippen LogP contribution in [0.1, 0.15) is 10.5 Å². The molecule has 1 saturated heterocycles. The van der Waals surface area contributed by atoms with Crippen LogP contribution >= 0.6 is 0 Å². The lowest BCUT2D eigenvalue weighted by Gasteiger charge is -2.27. The molecule has 2 aromatic heterocycles. The van der Waals surface area contributed by atoms with E-state index in [1.165, 1.54) is 0 Å². The molecule has 1 aromatic carbocycles. The Labute approximate surface area is 166 Å². The van der Waals surface area contributed by atoms with Gasteiger partial charge < -0.3 is 24.8 Å². The lowest BCUT2D eigenvalue weighted by Crippen LogP contribution is -2.48. The van der Waals surface area contributed by atoms with Gasteiger partial charge in [-0.2, -0.15) is 0 Å². The van der Waals surface area contributed by atoms with Gasteiger partial charge in [0.2, 0.25) is 5.91 Å². The lowest BCUT2D eigenvalue weighted by molar-refractivity contribution is -0.120. The third kappa shape index (κ3) is 4.03. The van der Waals surface area contributed by atoms with E-state index < -0.39 is 5.91 Å². The molecule has 3 aromatic rings. The number of amides is 2. The van der Waals surface area contributed by atoms with Gasteiger partial charge in [0.1, 0.15) is 11.6 Å². The normalized spacial score (nSPS) is 13.7. The summed E-state index contributed by atoms with van der Waals surface area (Å²) in [7, 11) is 1.57. The molecule has 9 nitrogen and oxygen atoms in total. The molecular formula is C20H19N5O4. The van der Waals surface area contributed by atoms with Crippen molar-refractivity contribution in [2.24, 2.45) is 0 Å². The van der Waals surface area contributed by atoms with Crippen LogP contribution in [0.5, 0.6) is 5.75 Å². The van der Waals surface area contributed by atoms with Gasteiger partial charge in [-0.05, 0) is 24.3 Å². The number of carbonyl (C=O) groups excluding carboxylic acids is 2. The Bertz CT molecular complexity index is 1030. The maximum Gasteiger partial charge on any atom is 0.277 e. The van der Waals surface area contributed by atoms with E-state index >= 15 is 0 Å². The predicted molar refractivity (Wildman–Crippen MR) is 106 cm³/mol. The van der Waals surface area contributed by atoms with Crippen LogP contribution in [0.3, 0.4) is 0 Å². The minimum Gasteiger partial charge on any atom is -0.496 e. The van der Waals surface area contributed by atoms with Crippen molar-refractivity contribution in [3.05, 3.63) is 54.4 Å². The number of aromatic nitrogens is 2. The molecule has 1 aliphatic rings. The largest absolute Gasteiger partial charge is 0.496 e. The summed E-state index contributed by atoms with van der Waals surface area (Å²) in [5.74, 6) is 1.29. The fourth-order valence-electron chi connectivity index (χ4n) is 3.03. The Morgan fingerprint density at radius 3 is 2.90 bits per heavy atom. The number of nitrogens with one attached hydrogen (secondary N) is 2. The first kappa shape index (κ1) is 18.5. The van der Waals surface area contributed by atoms with E-state index in [1.54, 1.807) is 37.6 Å². The van der Waals surface area contributed by atoms with Crippen molar-refractivity contribution in [2.75, 3.05) is 37.0 Å². The first-order valence-corrected chi connectivity index (χ1v) is 9.03. The maximum absolute atomic E-state index is 12.5. The summed E-state index contributed by atoms with van der Waals surface area (Å²) in [6.45, 7) is 1.54. The second kappa shape index (κ2) is 8.01. The summed E-state index contributed by atoms with van der Waals surface area (Å²) in [5.41, 5.74) is 1.36. The Morgan fingerprint density at radius 1 is 1.28 bits per heavy atom. The highest BCUT2D eigenvalue weighted by Crippen LogP contribution is 2.30. The standard InChI is InChI=1S/C20H19N5O4/c1-28-16-5-3-2-4-14(16)17-10-15(24-29-17)20(27)23-13-6-7-18(22-11-13)25-9-8-21-19(26)12-25/h2-7,10-11H,8-9,12H2,1H3,(H,21,26)(H,23,27). The highest BCUT2D eigenvalue weighted by molar-refractivity contribution is 6.03. The number of para-hydroxylation sites is 1. The molecular weight excluding hydrogens is 374 g/mol. The predicted octanol–water partition coefficient (Wildman–Crippen LogP) is 1.93. The highest BCUT2D eigenvalue weighted by Gasteiger charge is 2.19. The smallest absolute Gasteiger partial charge is 0.277 e. The van der Waals surface area contributed by atoms with Gasteiger partial charge in [-0.25, -0.2) is 4.98 Å². The number of piperazine rings is 1. The third-order valence-electron chi connectivity index (χ3n) is 4.48. The second-order valence-corrected chi connectivity index (χ2v) is 6.41. The summed E-state index contributed by atoms with van der Waals surface area (Å²) in [4.78, 5) is 30.2. The van der Waals surface area contributed by atoms with Crippen LogP contribution in [-0.4, -0.2) is 48.7 Å². The van der Waals surface area contributed by atoms with Gasteiger partial charge >= 0.3 is 0 Å². The number of benzene rings is 1. The number of pyridine rings is 1. The molecule has 9 heteroatoms. The van der Waals surface area contributed by atoms with Gasteiger partial charge in [0.05, 0.1) is 31.1 Å². The maximum atomic E-state index is 12.5. The summed E-state index contributed by atoms with van der Waals surface area (Å²) in [6.07, 6.45) is 1.54. The Hall–Kier alpha value is -3.88. The van der Waals surface area contributed by atoms with Gasteiger partial charge in [-0.1, -0.05) is 17.3 Å². The van der Waals surface area contributed by atoms with Crippen molar-refractivity contribution in [1.29, 1.82) is 0 Å². The topological polar surface area (TPSA) is 110 Å². The van der Waals surface area contributed by atoms with E-state index in [1.807, 2.05) is 23.1 Å². The Kier molecular flexibility index (Phi) is 5.10. The number of hydrogen-bond donors (Lipinski definition) is 2. The average Bonchev–Trinajstić information content (AvgIpc) is 3.24. The third-order valence-corrected chi connectivity index (χ3v) is 4.48. The minimum atomic E-state index is -0.415. The Balaban J connectivity index is 1.44. The van der Waals surface area contributed by atoms with Crippen LogP contribution in [0.15, 0.2) is 53.2 Å². The van der Waals surface area contributed by atoms with Gasteiger partial charge in [0.15, 0.2) is 11.5 Å². The van der Waals surface area contributed by atoms with Crippen molar-refractivity contribution in [1.82, 2.24) is 15.5 Å². The van der Waals surface area contributed by atoms with Crippen LogP contribution in [0.2, 0.25) is 0 Å². The molecule has 0 unspecified atom stereocenters. The zero-order chi connectivity index (χ0) is 20.2. The quantitative estimate of drug-likeness (QED) is 0.682. The number of nitrogens with zero attached hydrogens (tertiary/aromatic N) is 3. The Morgan fingerprint density at radius 2 is 2.14 bits per heavy atom. The van der Waals surface area contributed by atoms with Crippen molar-refractivity contribution in [2.45, 2.75) is 0 Å². The molecule has 2 amide bonds. The van der Waals surface area contributed by atoms with E-state index in [9.17, 15) is 9.59 Å². The number of hydrogen-bond acceptors (Lipinski definition) is 7. The molecule has 0 spiro atoms. The monoisotopic (exact) mass is 393 g/mol. The van der Waals surface area contributed by atoms with Crippen LogP contribution in [-0.2, 0) is 4.79 Å². The molecule has 2 N–H and O–H groups in total. The van der Waals surface area contributed by atoms with Crippen LogP contribution in [0.4, 0.5) is 11.5 Å². The number of methoxy groups -OCH3 is 1. The molecule has 0 bridgehead atoms. The van der Waals surface area contributed by atoms with Crippen molar-refractivity contribution < 1.29 is 18.8 Å². The highest BCUT2D eigenvalue weighted by atomic mass is 16.5. The summed E-state index contributed by atoms with van der Waals surface area (Å²) < 4.78 is 10.6. The zero-order valence-corrected chi connectivity index (χ0v) is 15.7. The fourth-order valence-corrected chi connectivity index (χ4v) is 3.03. The lowest BCUT2D eigenvalue weighted by atomic mass is 10.1. The van der Waals surface area contributed by atoms with Gasteiger partial charge in [0, 0.05) is 19.2 Å². The fraction of sp³-hybridized carbons (Fsp3) is 0.200. The van der Waals surface area contributed by atoms with Gasteiger partial charge in [-0.15, -0.1) is 0 Å². The van der Waals surface area contributed by atoms with Crippen molar-refractivity contribution >= 4 is 23.3 Å². The van der Waals surface area contributed by atoms with E-state index in [0.29, 0.717) is 41.7 Å². The summed E-state index contributed by atoms with van der Waals surface area (Å²) in [6, 6.07) is 12.4. The molecule has 0 aliphatic carbocycles. The number of rotatable bonds is 5. The zero-order valence-electron chi connectivity index (χ0n) is 15.7. The van der Waals surface area contributed by atoms with Gasteiger partial charge in [-0.3, -0.25) is 9.59 Å². The summed E-state index contributed by atoms with van der Waals surface area (Å²) in [5, 5.41) is 9.35. The molecule has 0 atom stereocenters. The first-order valence-electron chi connectivity index (χ1n) is 9.03. The molecule has 29 heavy (non-hydrogen) atoms. The summed E-state index contributed by atoms with van der Waals surface area (Å²) >= 11 is 0. The van der Waals surface area contributed by atoms with E-state index in [0.717, 1.165) is 0 Å². The molecule has 148 valence electrons. The second-order valence-electron chi connectivity index (χ2n) is 6.41. The number of anilines is 2. The number of carbonyl (C=O) groups is 2. The molecule has 1 aliphatic heterocycles. The van der Waals surface area contributed by atoms with Crippen LogP contribution in [0.25, 0.3) is 11.3 Å². The van der Waals surface area contributed by atoms with Crippen LogP contribution in [0, 0.1) is 0 Å². The van der Waals surface area contributed by atoms with E-state index in [-0.39, 0.29) is 18.1 Å². The van der Waals surface area contributed by atoms with Gasteiger partial charge in [0.25, 0.3) is 5.91 Å². The minimum absolute atomic E-state index is 0.0349. The average molecular weight is 393 g/mol. The molecule has 4 rings (SSSR count). The van der Waals surface area contributed by atoms with Crippen molar-refractivity contribution in [3.63, 3.8) is 0 Å². The molecule has 0 saturated carbocycles. The SMILES string of the molecule is COc1ccccc1-c1cc(C(=O)Nc2ccc(N3CCNC(=O)C3)nc2)no1. The van der Waals surface area contributed by atoms with E-state index in [4.69, 9.17) is 9.26 Å². The number of ether oxygens (including phenoxy) is 1. The molecule has 0 radical (unpaired) electrons. The molecule has 1 fully saturated rings. The van der Waals surface area contributed by atoms with Crippen LogP contribution < -0.4 is 20.3 Å². The first-order chi connectivity index (χ1) is 14.1. The van der Waals surface area contributed by atoms with E-state index in [2.05, 4.69) is 20.8 Å².